The molecule has 1 N–H and O–H groups in total. The van der Waals surface area contributed by atoms with E-state index in [9.17, 15) is 5.11 Å². The summed E-state index contributed by atoms with van der Waals surface area (Å²) in [7, 11) is 0. The topological polar surface area (TPSA) is 20.2 Å². The number of aliphatic hydroxyl groups is 1. The van der Waals surface area contributed by atoms with Crippen LogP contribution in [0.2, 0.25) is 0 Å². The summed E-state index contributed by atoms with van der Waals surface area (Å²) in [6, 6.07) is 0. The maximum absolute atomic E-state index is 10.8. The molecule has 1 rings (SSSR count). The molecule has 0 unspecified atom stereocenters. The van der Waals surface area contributed by atoms with E-state index in [0.29, 0.717) is 19.3 Å². The lowest BCUT2D eigenvalue weighted by molar-refractivity contribution is -0.0122. The molecular weight excluding hydrogens is 196 g/mol. The van der Waals surface area contributed by atoms with Gasteiger partial charge in [-0.25, -0.2) is 0 Å². The molecule has 0 amide bonds. The summed E-state index contributed by atoms with van der Waals surface area (Å²) < 4.78 is 23.1. The Kier molecular flexibility index (Phi) is 3.36. The predicted molar refractivity (Wildman–Crippen MR) is 70.4 cm³/mol. The molecule has 0 bridgehead atoms. The first kappa shape index (κ1) is 9.47. The lowest BCUT2D eigenvalue weighted by Gasteiger charge is -2.34. The van der Waals surface area contributed by atoms with Gasteiger partial charge >= 0.3 is 0 Å². The Morgan fingerprint density at radius 2 is 2.44 bits per heavy atom. The fraction of sp³-hybridized carbons (Fsp3) is 0.733. The van der Waals surface area contributed by atoms with Gasteiger partial charge in [0, 0.05) is 4.11 Å². The summed E-state index contributed by atoms with van der Waals surface area (Å²) in [6.07, 6.45) is 7.35. The molecule has 92 valence electrons. The minimum absolute atomic E-state index is 0.158. The van der Waals surface area contributed by atoms with Crippen LogP contribution in [0.3, 0.4) is 0 Å². The average Bonchev–Trinajstić information content (AvgIpc) is 2.27. The predicted octanol–water partition coefficient (Wildman–Crippen LogP) is 4.23. The summed E-state index contributed by atoms with van der Waals surface area (Å²) in [6.45, 7) is 3.72. The second-order valence-corrected chi connectivity index (χ2v) is 5.27. The lowest BCUT2D eigenvalue weighted by atomic mass is 9.76. The van der Waals surface area contributed by atoms with E-state index >= 15 is 0 Å². The van der Waals surface area contributed by atoms with E-state index in [4.69, 9.17) is 4.11 Å². The fourth-order valence-electron chi connectivity index (χ4n) is 2.18. The molecule has 1 aliphatic rings. The molecule has 0 spiro atoms. The van der Waals surface area contributed by atoms with Crippen LogP contribution in [-0.2, 0) is 0 Å². The Morgan fingerprint density at radius 1 is 1.69 bits per heavy atom. The van der Waals surface area contributed by atoms with Crippen molar-refractivity contribution in [1.29, 1.82) is 0 Å². The van der Waals surface area contributed by atoms with Crippen molar-refractivity contribution in [1.82, 2.24) is 0 Å². The zero-order valence-corrected chi connectivity index (χ0v) is 10.7. The van der Waals surface area contributed by atoms with Crippen molar-refractivity contribution in [3.8, 4) is 0 Å². The van der Waals surface area contributed by atoms with Gasteiger partial charge in [0.15, 0.2) is 0 Å². The summed E-state index contributed by atoms with van der Waals surface area (Å²) in [4.78, 5) is 0. The van der Waals surface area contributed by atoms with Gasteiger partial charge in [-0.2, -0.15) is 0 Å². The summed E-state index contributed by atoms with van der Waals surface area (Å²) in [5.41, 5.74) is 0.900. The molecule has 0 radical (unpaired) electrons. The maximum Gasteiger partial charge on any atom is 0.0653 e. The monoisotopic (exact) mass is 225 g/mol. The molecule has 0 heterocycles. The third kappa shape index (κ3) is 4.13. The molecule has 0 aromatic heterocycles. The van der Waals surface area contributed by atoms with Crippen LogP contribution in [0.25, 0.3) is 0 Å². The normalized spacial score (nSPS) is 28.1. The highest BCUT2D eigenvalue weighted by Gasteiger charge is 2.31. The second-order valence-electron chi connectivity index (χ2n) is 5.27. The Labute approximate surface area is 104 Å². The molecule has 0 aromatic rings. The van der Waals surface area contributed by atoms with Gasteiger partial charge in [-0.3, -0.25) is 0 Å². The molecular formula is C15H26O. The van der Waals surface area contributed by atoms with Crippen LogP contribution in [0, 0.1) is 5.92 Å². The van der Waals surface area contributed by atoms with E-state index in [1.165, 1.54) is 5.57 Å². The fourth-order valence-corrected chi connectivity index (χ4v) is 2.18. The minimum atomic E-state index is -2.31. The first-order valence-electron chi connectivity index (χ1n) is 7.68. The lowest BCUT2D eigenvalue weighted by Crippen LogP contribution is -2.35. The van der Waals surface area contributed by atoms with E-state index < -0.39 is 12.5 Å². The smallest absolute Gasteiger partial charge is 0.0653 e. The van der Waals surface area contributed by atoms with E-state index in [1.54, 1.807) is 0 Å². The highest BCUT2D eigenvalue weighted by molar-refractivity contribution is 5.06. The largest absolute Gasteiger partial charge is 0.390 e. The van der Waals surface area contributed by atoms with Crippen molar-refractivity contribution in [2.75, 3.05) is 0 Å². The van der Waals surface area contributed by atoms with Crippen LogP contribution in [0.1, 0.15) is 63.8 Å². The van der Waals surface area contributed by atoms with Crippen LogP contribution in [0.15, 0.2) is 23.3 Å². The Bertz CT molecular complexity index is 364. The van der Waals surface area contributed by atoms with Crippen LogP contribution in [0.4, 0.5) is 0 Å². The SMILES string of the molecule is [2H]C([2H])([2H])[C@](O)(CCC=C(C)C)[C@@H]1CC=C(C)CC1. The van der Waals surface area contributed by atoms with Crippen molar-refractivity contribution in [2.45, 2.75) is 65.3 Å². The van der Waals surface area contributed by atoms with Gasteiger partial charge in [-0.1, -0.05) is 23.3 Å². The quantitative estimate of drug-likeness (QED) is 0.710. The number of hydrogen-bond donors (Lipinski definition) is 1. The highest BCUT2D eigenvalue weighted by Crippen LogP contribution is 2.34. The summed E-state index contributed by atoms with van der Waals surface area (Å²) in [5.74, 6) is -0.158. The van der Waals surface area contributed by atoms with Crippen LogP contribution in [0.5, 0.6) is 0 Å². The van der Waals surface area contributed by atoms with E-state index in [0.717, 1.165) is 18.4 Å². The van der Waals surface area contributed by atoms with Crippen molar-refractivity contribution in [3.63, 3.8) is 0 Å². The van der Waals surface area contributed by atoms with Crippen LogP contribution < -0.4 is 0 Å². The third-order valence-corrected chi connectivity index (χ3v) is 3.39. The molecule has 16 heavy (non-hydrogen) atoms. The summed E-state index contributed by atoms with van der Waals surface area (Å²) in [5, 5.41) is 10.8. The van der Waals surface area contributed by atoms with E-state index in [-0.39, 0.29) is 5.92 Å². The van der Waals surface area contributed by atoms with Gasteiger partial charge in [-0.15, -0.1) is 0 Å². The van der Waals surface area contributed by atoms with Gasteiger partial charge in [-0.05, 0) is 65.6 Å². The van der Waals surface area contributed by atoms with Gasteiger partial charge in [0.1, 0.15) is 0 Å². The van der Waals surface area contributed by atoms with E-state index in [2.05, 4.69) is 13.0 Å². The number of allylic oxidation sites excluding steroid dienone is 4. The summed E-state index contributed by atoms with van der Waals surface area (Å²) >= 11 is 0. The zero-order valence-electron chi connectivity index (χ0n) is 13.7. The minimum Gasteiger partial charge on any atom is -0.390 e. The second kappa shape index (κ2) is 5.67. The molecule has 1 heteroatoms. The Balaban J connectivity index is 2.85. The highest BCUT2D eigenvalue weighted by atomic mass is 16.3. The molecule has 0 aromatic carbocycles. The maximum atomic E-state index is 10.8. The van der Waals surface area contributed by atoms with Crippen LogP contribution in [-0.4, -0.2) is 10.7 Å². The standard InChI is InChI=1S/C15H26O/c1-12(2)6-5-11-15(4,16)14-9-7-13(3)8-10-14/h6-7,14,16H,5,8-11H2,1-4H3/t14-,15+/m1/s1/i4D3. The molecule has 0 fully saturated rings. The van der Waals surface area contributed by atoms with Gasteiger partial charge < -0.3 is 5.11 Å². The van der Waals surface area contributed by atoms with Crippen LogP contribution >= 0.6 is 0 Å². The Morgan fingerprint density at radius 3 is 2.94 bits per heavy atom. The number of hydrogen-bond acceptors (Lipinski definition) is 1. The first-order chi connectivity index (χ1) is 8.67. The molecule has 0 aliphatic heterocycles. The van der Waals surface area contributed by atoms with Crippen molar-refractivity contribution in [3.05, 3.63) is 23.3 Å². The molecule has 0 saturated heterocycles. The first-order valence-corrected chi connectivity index (χ1v) is 6.18. The zero-order chi connectivity index (χ0) is 14.7. The third-order valence-electron chi connectivity index (χ3n) is 3.39. The number of rotatable bonds is 4. The molecule has 0 saturated carbocycles. The van der Waals surface area contributed by atoms with Crippen molar-refractivity contribution < 1.29 is 9.22 Å². The van der Waals surface area contributed by atoms with Gasteiger partial charge in [0.2, 0.25) is 0 Å². The molecule has 2 atom stereocenters. The van der Waals surface area contributed by atoms with Gasteiger partial charge in [0.25, 0.3) is 0 Å². The Hall–Kier alpha value is -0.560. The van der Waals surface area contributed by atoms with E-state index in [1.807, 2.05) is 19.9 Å². The molecule has 1 aliphatic carbocycles. The van der Waals surface area contributed by atoms with Crippen molar-refractivity contribution >= 4 is 0 Å². The molecule has 1 nitrogen and oxygen atoms in total. The van der Waals surface area contributed by atoms with Crippen molar-refractivity contribution in [2.24, 2.45) is 5.92 Å². The van der Waals surface area contributed by atoms with Gasteiger partial charge in [0.05, 0.1) is 5.60 Å². The average molecular weight is 225 g/mol.